The first-order valence-corrected chi connectivity index (χ1v) is 11.1. The van der Waals surface area contributed by atoms with E-state index in [0.717, 1.165) is 0 Å². The van der Waals surface area contributed by atoms with E-state index in [-0.39, 0.29) is 30.7 Å². The summed E-state index contributed by atoms with van der Waals surface area (Å²) in [5.74, 6) is 0.186. The molecule has 182 valence electrons. The summed E-state index contributed by atoms with van der Waals surface area (Å²) in [7, 11) is 4.50. The Morgan fingerprint density at radius 1 is 1.06 bits per heavy atom. The number of carbonyl (C=O) groups is 3. The number of hydrogen-bond donors (Lipinski definition) is 2. The number of anilines is 2. The molecule has 1 unspecified atom stereocenters. The molecule has 1 aliphatic rings. The van der Waals surface area contributed by atoms with Gasteiger partial charge in [-0.3, -0.25) is 14.4 Å². The van der Waals surface area contributed by atoms with Crippen LogP contribution in [-0.2, 0) is 9.59 Å². The first-order valence-electron chi connectivity index (χ1n) is 11.1. The Balaban J connectivity index is 1.76. The smallest absolute Gasteiger partial charge is 0.253 e. The van der Waals surface area contributed by atoms with Gasteiger partial charge in [-0.2, -0.15) is 0 Å². The Hall–Kier alpha value is -3.75. The average molecular weight is 470 g/mol. The van der Waals surface area contributed by atoms with Crippen molar-refractivity contribution >= 4 is 29.1 Å². The number of nitrogens with one attached hydrogen (secondary N) is 2. The number of methoxy groups -OCH3 is 3. The fraction of sp³-hybridized carbons (Fsp3) is 0.400. The van der Waals surface area contributed by atoms with E-state index in [4.69, 9.17) is 14.2 Å². The lowest BCUT2D eigenvalue weighted by atomic mass is 10.1. The standard InChI is InChI=1S/C25H31N3O6/c1-15(2)13-26-25(31)18-8-6-7-9-19(18)27-24(30)16-10-22(29)28(14-16)17-11-20(32-3)23(34-5)21(12-17)33-4/h6-9,11-12,15-16H,10,13-14H2,1-5H3,(H,26,31)(H,27,30). The number of carbonyl (C=O) groups excluding carboxylic acids is 3. The maximum atomic E-state index is 13.0. The van der Waals surface area contributed by atoms with Gasteiger partial charge in [0.05, 0.1) is 44.2 Å². The molecular weight excluding hydrogens is 438 g/mol. The molecule has 0 saturated carbocycles. The van der Waals surface area contributed by atoms with Gasteiger partial charge >= 0.3 is 0 Å². The van der Waals surface area contributed by atoms with Crippen molar-refractivity contribution in [1.82, 2.24) is 5.32 Å². The number of amides is 3. The van der Waals surface area contributed by atoms with E-state index in [1.165, 1.54) is 26.2 Å². The fourth-order valence-corrected chi connectivity index (χ4v) is 3.77. The zero-order valence-electron chi connectivity index (χ0n) is 20.1. The molecule has 1 heterocycles. The zero-order chi connectivity index (χ0) is 24.8. The molecule has 0 spiro atoms. The van der Waals surface area contributed by atoms with E-state index in [1.54, 1.807) is 36.4 Å². The van der Waals surface area contributed by atoms with Gasteiger partial charge in [-0.15, -0.1) is 0 Å². The quantitative estimate of drug-likeness (QED) is 0.585. The summed E-state index contributed by atoms with van der Waals surface area (Å²) in [5.41, 5.74) is 1.33. The van der Waals surface area contributed by atoms with Crippen LogP contribution in [0.15, 0.2) is 36.4 Å². The van der Waals surface area contributed by atoms with Crippen LogP contribution in [0.4, 0.5) is 11.4 Å². The van der Waals surface area contributed by atoms with Crippen LogP contribution in [0.1, 0.15) is 30.6 Å². The van der Waals surface area contributed by atoms with Crippen molar-refractivity contribution in [3.05, 3.63) is 42.0 Å². The number of para-hydroxylation sites is 1. The summed E-state index contributed by atoms with van der Waals surface area (Å²) in [6.45, 7) is 4.72. The molecule has 1 aliphatic heterocycles. The van der Waals surface area contributed by atoms with Crippen LogP contribution >= 0.6 is 0 Å². The summed E-state index contributed by atoms with van der Waals surface area (Å²) in [6, 6.07) is 10.2. The second-order valence-corrected chi connectivity index (χ2v) is 8.43. The van der Waals surface area contributed by atoms with Crippen LogP contribution in [0, 0.1) is 11.8 Å². The molecule has 2 N–H and O–H groups in total. The predicted octanol–water partition coefficient (Wildman–Crippen LogP) is 3.09. The molecule has 2 aromatic rings. The summed E-state index contributed by atoms with van der Waals surface area (Å²) >= 11 is 0. The van der Waals surface area contributed by atoms with Gasteiger partial charge in [0.2, 0.25) is 17.6 Å². The number of ether oxygens (including phenoxy) is 3. The summed E-state index contributed by atoms with van der Waals surface area (Å²) in [6.07, 6.45) is 0.0458. The Labute approximate surface area is 199 Å². The van der Waals surface area contributed by atoms with Crippen molar-refractivity contribution in [2.45, 2.75) is 20.3 Å². The number of benzene rings is 2. The first-order chi connectivity index (χ1) is 16.3. The Morgan fingerprint density at radius 2 is 1.71 bits per heavy atom. The van der Waals surface area contributed by atoms with E-state index in [0.29, 0.717) is 46.6 Å². The highest BCUT2D eigenvalue weighted by molar-refractivity contribution is 6.07. The second-order valence-electron chi connectivity index (χ2n) is 8.43. The molecule has 0 aromatic heterocycles. The molecule has 3 amide bonds. The maximum Gasteiger partial charge on any atom is 0.253 e. The highest BCUT2D eigenvalue weighted by Crippen LogP contribution is 2.42. The topological polar surface area (TPSA) is 106 Å². The number of nitrogens with zero attached hydrogens (tertiary/aromatic N) is 1. The van der Waals surface area contributed by atoms with E-state index in [2.05, 4.69) is 10.6 Å². The molecule has 0 aliphatic carbocycles. The molecular formula is C25H31N3O6. The van der Waals surface area contributed by atoms with Crippen LogP contribution in [0.25, 0.3) is 0 Å². The van der Waals surface area contributed by atoms with Gasteiger partial charge in [-0.25, -0.2) is 0 Å². The maximum absolute atomic E-state index is 13.0. The van der Waals surface area contributed by atoms with Crippen molar-refractivity contribution < 1.29 is 28.6 Å². The third-order valence-corrected chi connectivity index (χ3v) is 5.56. The predicted molar refractivity (Wildman–Crippen MR) is 129 cm³/mol. The third kappa shape index (κ3) is 5.41. The summed E-state index contributed by atoms with van der Waals surface area (Å²) in [4.78, 5) is 39.9. The van der Waals surface area contributed by atoms with Crippen molar-refractivity contribution in [3.63, 3.8) is 0 Å². The normalized spacial score (nSPS) is 15.3. The largest absolute Gasteiger partial charge is 0.493 e. The Morgan fingerprint density at radius 3 is 2.29 bits per heavy atom. The molecule has 1 saturated heterocycles. The van der Waals surface area contributed by atoms with Gasteiger partial charge in [0.1, 0.15) is 0 Å². The lowest BCUT2D eigenvalue weighted by molar-refractivity contribution is -0.122. The Kier molecular flexibility index (Phi) is 7.99. The summed E-state index contributed by atoms with van der Waals surface area (Å²) in [5, 5.41) is 5.69. The Bertz CT molecular complexity index is 1040. The van der Waals surface area contributed by atoms with Gasteiger partial charge in [0.25, 0.3) is 5.91 Å². The van der Waals surface area contributed by atoms with Gasteiger partial charge in [-0.05, 0) is 18.1 Å². The first kappa shape index (κ1) is 24.9. The zero-order valence-corrected chi connectivity index (χ0v) is 20.1. The molecule has 9 heteroatoms. The molecule has 3 rings (SSSR count). The highest BCUT2D eigenvalue weighted by Gasteiger charge is 2.36. The van der Waals surface area contributed by atoms with Crippen molar-refractivity contribution in [3.8, 4) is 17.2 Å². The average Bonchev–Trinajstić information content (AvgIpc) is 3.23. The minimum Gasteiger partial charge on any atom is -0.493 e. The van der Waals surface area contributed by atoms with Crippen LogP contribution in [0.5, 0.6) is 17.2 Å². The van der Waals surface area contributed by atoms with Crippen LogP contribution in [0.3, 0.4) is 0 Å². The molecule has 0 bridgehead atoms. The fourth-order valence-electron chi connectivity index (χ4n) is 3.77. The van der Waals surface area contributed by atoms with Gasteiger partial charge in [-0.1, -0.05) is 26.0 Å². The van der Waals surface area contributed by atoms with Crippen LogP contribution in [0.2, 0.25) is 0 Å². The van der Waals surface area contributed by atoms with Gasteiger partial charge in [0, 0.05) is 31.6 Å². The lowest BCUT2D eigenvalue weighted by Gasteiger charge is -2.20. The van der Waals surface area contributed by atoms with Crippen LogP contribution < -0.4 is 29.7 Å². The molecule has 0 radical (unpaired) electrons. The SMILES string of the molecule is COc1cc(N2CC(C(=O)Nc3ccccc3C(=O)NCC(C)C)CC2=O)cc(OC)c1OC. The monoisotopic (exact) mass is 469 g/mol. The number of hydrogen-bond acceptors (Lipinski definition) is 6. The molecule has 2 aromatic carbocycles. The van der Waals surface area contributed by atoms with Crippen molar-refractivity contribution in [2.75, 3.05) is 44.6 Å². The number of rotatable bonds is 9. The van der Waals surface area contributed by atoms with Crippen molar-refractivity contribution in [2.24, 2.45) is 11.8 Å². The molecule has 9 nitrogen and oxygen atoms in total. The molecule has 1 fully saturated rings. The highest BCUT2D eigenvalue weighted by atomic mass is 16.5. The van der Waals surface area contributed by atoms with Crippen LogP contribution in [-0.4, -0.2) is 52.1 Å². The second kappa shape index (κ2) is 10.9. The van der Waals surface area contributed by atoms with E-state index in [9.17, 15) is 14.4 Å². The van der Waals surface area contributed by atoms with E-state index in [1.807, 2.05) is 13.8 Å². The minimum absolute atomic E-state index is 0.0458. The third-order valence-electron chi connectivity index (χ3n) is 5.56. The van der Waals surface area contributed by atoms with E-state index < -0.39 is 5.92 Å². The summed E-state index contributed by atoms with van der Waals surface area (Å²) < 4.78 is 16.1. The van der Waals surface area contributed by atoms with Gasteiger partial charge in [0.15, 0.2) is 11.5 Å². The molecule has 34 heavy (non-hydrogen) atoms. The lowest BCUT2D eigenvalue weighted by Crippen LogP contribution is -2.30. The minimum atomic E-state index is -0.585. The van der Waals surface area contributed by atoms with Crippen molar-refractivity contribution in [1.29, 1.82) is 0 Å². The van der Waals surface area contributed by atoms with E-state index >= 15 is 0 Å². The van der Waals surface area contributed by atoms with Gasteiger partial charge < -0.3 is 29.7 Å². The molecule has 1 atom stereocenters.